The van der Waals surface area contributed by atoms with Crippen LogP contribution in [0.4, 0.5) is 0 Å². The Balaban J connectivity index is 3.83. The summed E-state index contributed by atoms with van der Waals surface area (Å²) in [6.45, 7) is 16.1. The maximum atomic E-state index is 2.33. The summed E-state index contributed by atoms with van der Waals surface area (Å²) in [6, 6.07) is 0. The smallest absolute Gasteiger partial charge is 0.00777 e. The van der Waals surface area contributed by atoms with Crippen molar-refractivity contribution in [3.8, 4) is 0 Å². The highest BCUT2D eigenvalue weighted by atomic mass is 32.2. The van der Waals surface area contributed by atoms with Crippen molar-refractivity contribution in [1.29, 1.82) is 0 Å². The van der Waals surface area contributed by atoms with Gasteiger partial charge in [0.1, 0.15) is 0 Å². The van der Waals surface area contributed by atoms with Crippen LogP contribution in [0.3, 0.4) is 0 Å². The molecule has 0 N–H and O–H groups in total. The van der Waals surface area contributed by atoms with E-state index in [0.29, 0.717) is 10.2 Å². The Kier molecular flexibility index (Phi) is 4.16. The van der Waals surface area contributed by atoms with Crippen LogP contribution < -0.4 is 0 Å². The van der Waals surface area contributed by atoms with E-state index in [-0.39, 0.29) is 0 Å². The Morgan fingerprint density at radius 1 is 1.00 bits per heavy atom. The summed E-state index contributed by atoms with van der Waals surface area (Å²) in [5.74, 6) is 0. The molecule has 0 aliphatic rings. The normalized spacial score (nSPS) is 16.2. The molecule has 0 aromatic heterocycles. The van der Waals surface area contributed by atoms with Crippen LogP contribution in [0.25, 0.3) is 0 Å². The molecular formula is C11H24S. The second-order valence-electron chi connectivity index (χ2n) is 5.81. The molecule has 0 saturated heterocycles. The first kappa shape index (κ1) is 12.3. The lowest BCUT2D eigenvalue weighted by Gasteiger charge is -2.28. The summed E-state index contributed by atoms with van der Waals surface area (Å²) in [7, 11) is 0. The summed E-state index contributed by atoms with van der Waals surface area (Å²) >= 11 is 2.08. The Bertz CT molecular complexity index is 109. The van der Waals surface area contributed by atoms with Gasteiger partial charge in [-0.1, -0.05) is 48.5 Å². The van der Waals surface area contributed by atoms with Gasteiger partial charge in [-0.25, -0.2) is 0 Å². The largest absolute Gasteiger partial charge is 0.153 e. The van der Waals surface area contributed by atoms with E-state index in [1.54, 1.807) is 0 Å². The zero-order chi connectivity index (χ0) is 9.99. The molecule has 0 aromatic rings. The third kappa shape index (κ3) is 8.45. The molecule has 1 unspecified atom stereocenters. The Morgan fingerprint density at radius 2 is 1.42 bits per heavy atom. The fourth-order valence-electron chi connectivity index (χ4n) is 1.51. The van der Waals surface area contributed by atoms with Gasteiger partial charge in [0.2, 0.25) is 0 Å². The Morgan fingerprint density at radius 3 is 1.67 bits per heavy atom. The van der Waals surface area contributed by atoms with Crippen molar-refractivity contribution in [2.24, 2.45) is 5.41 Å². The first-order valence-electron chi connectivity index (χ1n) is 4.78. The lowest BCUT2D eigenvalue weighted by molar-refractivity contribution is 0.377. The molecule has 0 nitrogen and oxygen atoms in total. The van der Waals surface area contributed by atoms with Crippen LogP contribution >= 0.6 is 11.8 Å². The molecule has 0 aromatic carbocycles. The Hall–Kier alpha value is 0.350. The standard InChI is InChI=1S/C11H24S/c1-9(8-10(2,3)4)12-11(5,6)7/h9H,8H2,1-7H3. The minimum absolute atomic E-state index is 0.407. The molecular weight excluding hydrogens is 164 g/mol. The highest BCUT2D eigenvalue weighted by Gasteiger charge is 2.20. The van der Waals surface area contributed by atoms with Gasteiger partial charge in [-0.05, 0) is 11.8 Å². The van der Waals surface area contributed by atoms with Gasteiger partial charge >= 0.3 is 0 Å². The van der Waals surface area contributed by atoms with E-state index in [0.717, 1.165) is 5.25 Å². The summed E-state index contributed by atoms with van der Waals surface area (Å²) < 4.78 is 0.407. The first-order chi connectivity index (χ1) is 5.10. The lowest BCUT2D eigenvalue weighted by Crippen LogP contribution is -2.18. The van der Waals surface area contributed by atoms with Gasteiger partial charge < -0.3 is 0 Å². The van der Waals surface area contributed by atoms with Crippen LogP contribution in [0, 0.1) is 5.41 Å². The van der Waals surface area contributed by atoms with E-state index in [1.165, 1.54) is 6.42 Å². The molecule has 0 fully saturated rings. The van der Waals surface area contributed by atoms with Gasteiger partial charge in [0.15, 0.2) is 0 Å². The quantitative estimate of drug-likeness (QED) is 0.621. The van der Waals surface area contributed by atoms with Crippen molar-refractivity contribution in [2.75, 3.05) is 0 Å². The van der Waals surface area contributed by atoms with Crippen molar-refractivity contribution in [2.45, 2.75) is 64.9 Å². The molecule has 0 bridgehead atoms. The van der Waals surface area contributed by atoms with Crippen LogP contribution in [0.1, 0.15) is 54.9 Å². The second-order valence-corrected chi connectivity index (χ2v) is 8.07. The molecule has 0 radical (unpaired) electrons. The summed E-state index contributed by atoms with van der Waals surface area (Å²) in [6.07, 6.45) is 1.30. The highest BCUT2D eigenvalue weighted by Crippen LogP contribution is 2.34. The summed E-state index contributed by atoms with van der Waals surface area (Å²) in [5, 5.41) is 0.769. The van der Waals surface area contributed by atoms with E-state index in [4.69, 9.17) is 0 Å². The SMILES string of the molecule is CC(CC(C)(C)C)SC(C)(C)C. The molecule has 0 saturated carbocycles. The molecule has 0 aliphatic heterocycles. The third-order valence-electron chi connectivity index (χ3n) is 1.45. The van der Waals surface area contributed by atoms with Crippen molar-refractivity contribution in [3.05, 3.63) is 0 Å². The van der Waals surface area contributed by atoms with E-state index in [9.17, 15) is 0 Å². The van der Waals surface area contributed by atoms with Crippen LogP contribution in [0.2, 0.25) is 0 Å². The minimum Gasteiger partial charge on any atom is -0.153 e. The predicted molar refractivity (Wildman–Crippen MR) is 60.9 cm³/mol. The zero-order valence-electron chi connectivity index (χ0n) is 9.69. The van der Waals surface area contributed by atoms with Gasteiger partial charge in [-0.3, -0.25) is 0 Å². The van der Waals surface area contributed by atoms with Crippen molar-refractivity contribution in [1.82, 2.24) is 0 Å². The fourth-order valence-corrected chi connectivity index (χ4v) is 3.30. The van der Waals surface area contributed by atoms with Gasteiger partial charge in [0, 0.05) is 10.00 Å². The van der Waals surface area contributed by atoms with Crippen LogP contribution in [-0.2, 0) is 0 Å². The van der Waals surface area contributed by atoms with Gasteiger partial charge in [0.25, 0.3) is 0 Å². The topological polar surface area (TPSA) is 0 Å². The first-order valence-corrected chi connectivity index (χ1v) is 5.66. The fraction of sp³-hybridized carbons (Fsp3) is 1.00. The minimum atomic E-state index is 0.407. The Labute approximate surface area is 82.5 Å². The van der Waals surface area contributed by atoms with Gasteiger partial charge in [-0.2, -0.15) is 11.8 Å². The van der Waals surface area contributed by atoms with Crippen LogP contribution in [-0.4, -0.2) is 10.00 Å². The van der Waals surface area contributed by atoms with E-state index in [1.807, 2.05) is 0 Å². The van der Waals surface area contributed by atoms with Crippen molar-refractivity contribution < 1.29 is 0 Å². The van der Waals surface area contributed by atoms with Crippen LogP contribution in [0.5, 0.6) is 0 Å². The van der Waals surface area contributed by atoms with Crippen molar-refractivity contribution >= 4 is 11.8 Å². The number of thioether (sulfide) groups is 1. The number of rotatable bonds is 2. The second kappa shape index (κ2) is 4.04. The molecule has 0 aliphatic carbocycles. The monoisotopic (exact) mass is 188 g/mol. The average Bonchev–Trinajstić information content (AvgIpc) is 1.49. The van der Waals surface area contributed by atoms with E-state index in [2.05, 4.69) is 60.2 Å². The van der Waals surface area contributed by atoms with Gasteiger partial charge in [0.05, 0.1) is 0 Å². The van der Waals surface area contributed by atoms with Crippen LogP contribution in [0.15, 0.2) is 0 Å². The molecule has 1 atom stereocenters. The van der Waals surface area contributed by atoms with Crippen molar-refractivity contribution in [3.63, 3.8) is 0 Å². The lowest BCUT2D eigenvalue weighted by atomic mass is 9.91. The zero-order valence-corrected chi connectivity index (χ0v) is 10.5. The molecule has 0 rings (SSSR count). The molecule has 1 heteroatoms. The van der Waals surface area contributed by atoms with E-state index >= 15 is 0 Å². The van der Waals surface area contributed by atoms with Gasteiger partial charge in [-0.15, -0.1) is 0 Å². The summed E-state index contributed by atoms with van der Waals surface area (Å²) in [4.78, 5) is 0. The molecule has 12 heavy (non-hydrogen) atoms. The highest BCUT2D eigenvalue weighted by molar-refractivity contribution is 8.01. The third-order valence-corrected chi connectivity index (χ3v) is 2.73. The summed E-state index contributed by atoms with van der Waals surface area (Å²) in [5.41, 5.74) is 0.470. The maximum Gasteiger partial charge on any atom is 0.00777 e. The molecule has 74 valence electrons. The molecule has 0 amide bonds. The number of hydrogen-bond donors (Lipinski definition) is 0. The number of hydrogen-bond acceptors (Lipinski definition) is 1. The van der Waals surface area contributed by atoms with E-state index < -0.39 is 0 Å². The maximum absolute atomic E-state index is 2.33. The predicted octanol–water partition coefficient (Wildman–Crippen LogP) is 4.34. The average molecular weight is 188 g/mol. The molecule has 0 spiro atoms. The molecule has 0 heterocycles.